The molecule has 1 aliphatic carbocycles. The minimum absolute atomic E-state index is 0.485. The van der Waals surface area contributed by atoms with Crippen molar-refractivity contribution < 1.29 is 0 Å². The van der Waals surface area contributed by atoms with E-state index in [0.29, 0.717) is 12.1 Å². The monoisotopic (exact) mass is 267 g/mol. The van der Waals surface area contributed by atoms with Gasteiger partial charge in [-0.05, 0) is 32.4 Å². The molecular weight excluding hydrogens is 238 g/mol. The van der Waals surface area contributed by atoms with Crippen LogP contribution < -0.4 is 11.3 Å². The van der Waals surface area contributed by atoms with E-state index in [4.69, 9.17) is 10.8 Å². The number of rotatable bonds is 4. The Bertz CT molecular complexity index is 294. The van der Waals surface area contributed by atoms with E-state index in [-0.39, 0.29) is 0 Å². The Morgan fingerprint density at radius 2 is 1.95 bits per heavy atom. The van der Waals surface area contributed by atoms with Crippen LogP contribution in [0.2, 0.25) is 0 Å². The fraction of sp³-hybridized carbons (Fsp3) is 0.929. The third kappa shape index (κ3) is 3.60. The van der Waals surface area contributed by atoms with Gasteiger partial charge in [-0.25, -0.2) is 10.8 Å². The van der Waals surface area contributed by atoms with Gasteiger partial charge in [0.15, 0.2) is 0 Å². The molecule has 2 aliphatic rings. The summed E-state index contributed by atoms with van der Waals surface area (Å²) in [5, 5.41) is 0. The first-order valence-corrected chi connectivity index (χ1v) is 7.81. The van der Waals surface area contributed by atoms with Crippen molar-refractivity contribution >= 4 is 5.96 Å². The molecule has 1 unspecified atom stereocenters. The van der Waals surface area contributed by atoms with Crippen LogP contribution in [-0.2, 0) is 0 Å². The summed E-state index contributed by atoms with van der Waals surface area (Å²) in [7, 11) is 0. The number of nitrogens with two attached hydrogens (primary N) is 1. The summed E-state index contributed by atoms with van der Waals surface area (Å²) < 4.78 is 0. The summed E-state index contributed by atoms with van der Waals surface area (Å²) in [6, 6.07) is 1.13. The maximum atomic E-state index is 5.68. The predicted octanol–water partition coefficient (Wildman–Crippen LogP) is 1.16. The lowest BCUT2D eigenvalue weighted by molar-refractivity contribution is 0.223. The van der Waals surface area contributed by atoms with E-state index in [0.717, 1.165) is 32.1 Å². The van der Waals surface area contributed by atoms with Crippen molar-refractivity contribution in [1.29, 1.82) is 0 Å². The molecule has 1 aliphatic heterocycles. The predicted molar refractivity (Wildman–Crippen MR) is 79.9 cm³/mol. The summed E-state index contributed by atoms with van der Waals surface area (Å²) in [4.78, 5) is 9.66. The molecule has 110 valence electrons. The highest BCUT2D eigenvalue weighted by atomic mass is 15.4. The van der Waals surface area contributed by atoms with Crippen LogP contribution in [0.5, 0.6) is 0 Å². The number of nitrogens with one attached hydrogen (secondary N) is 1. The van der Waals surface area contributed by atoms with Crippen molar-refractivity contribution in [2.45, 2.75) is 58.0 Å². The van der Waals surface area contributed by atoms with Crippen LogP contribution >= 0.6 is 0 Å². The first-order valence-electron chi connectivity index (χ1n) is 7.81. The molecule has 1 saturated carbocycles. The number of hydrogen-bond acceptors (Lipinski definition) is 3. The molecule has 1 atom stereocenters. The molecular formula is C14H29N5. The molecule has 0 amide bonds. The molecule has 0 radical (unpaired) electrons. The van der Waals surface area contributed by atoms with Crippen LogP contribution in [-0.4, -0.2) is 54.0 Å². The van der Waals surface area contributed by atoms with Crippen molar-refractivity contribution in [3.05, 3.63) is 0 Å². The van der Waals surface area contributed by atoms with Gasteiger partial charge in [-0.15, -0.1) is 0 Å². The molecule has 1 saturated heterocycles. The highest BCUT2D eigenvalue weighted by Gasteiger charge is 2.28. The minimum atomic E-state index is 0.485. The largest absolute Gasteiger partial charge is 0.340 e. The lowest BCUT2D eigenvalue weighted by Crippen LogP contribution is -2.46. The minimum Gasteiger partial charge on any atom is -0.340 e. The number of nitrogens with zero attached hydrogens (tertiary/aromatic N) is 3. The zero-order valence-electron chi connectivity index (χ0n) is 12.4. The van der Waals surface area contributed by atoms with Gasteiger partial charge in [0.25, 0.3) is 0 Å². The second kappa shape index (κ2) is 7.10. The number of guanidine groups is 1. The van der Waals surface area contributed by atoms with E-state index in [9.17, 15) is 0 Å². The average Bonchev–Trinajstić information content (AvgIpc) is 3.08. The number of hydrogen-bond donors (Lipinski definition) is 2. The van der Waals surface area contributed by atoms with Crippen molar-refractivity contribution in [3.63, 3.8) is 0 Å². The molecule has 0 bridgehead atoms. The molecule has 2 rings (SSSR count). The molecule has 3 N–H and O–H groups in total. The van der Waals surface area contributed by atoms with Crippen molar-refractivity contribution in [2.75, 3.05) is 26.2 Å². The Balaban J connectivity index is 1.93. The van der Waals surface area contributed by atoms with Gasteiger partial charge in [0.2, 0.25) is 5.96 Å². The zero-order chi connectivity index (χ0) is 13.7. The normalized spacial score (nSPS) is 25.6. The van der Waals surface area contributed by atoms with Gasteiger partial charge in [-0.3, -0.25) is 10.3 Å². The lowest BCUT2D eigenvalue weighted by Gasteiger charge is -2.27. The van der Waals surface area contributed by atoms with Crippen LogP contribution in [0.15, 0.2) is 4.99 Å². The SMILES string of the molecule is CCN(CC)C1CCN(C(=NC2CCCC2)NN)C1. The van der Waals surface area contributed by atoms with E-state index >= 15 is 0 Å². The highest BCUT2D eigenvalue weighted by molar-refractivity contribution is 5.80. The first kappa shape index (κ1) is 14.6. The van der Waals surface area contributed by atoms with E-state index < -0.39 is 0 Å². The number of likely N-dealkylation sites (tertiary alicyclic amines) is 1. The third-order valence-corrected chi connectivity index (χ3v) is 4.55. The maximum absolute atomic E-state index is 5.68. The second-order valence-corrected chi connectivity index (χ2v) is 5.65. The van der Waals surface area contributed by atoms with Gasteiger partial charge in [0.05, 0.1) is 6.04 Å². The quantitative estimate of drug-likeness (QED) is 0.347. The Morgan fingerprint density at radius 3 is 2.53 bits per heavy atom. The van der Waals surface area contributed by atoms with Gasteiger partial charge in [0.1, 0.15) is 0 Å². The molecule has 0 aromatic heterocycles. The van der Waals surface area contributed by atoms with Crippen LogP contribution in [0.1, 0.15) is 46.0 Å². The molecule has 0 aromatic rings. The Hall–Kier alpha value is -0.810. The van der Waals surface area contributed by atoms with Gasteiger partial charge in [0, 0.05) is 19.1 Å². The highest BCUT2D eigenvalue weighted by Crippen LogP contribution is 2.22. The Kier molecular flexibility index (Phi) is 5.45. The standard InChI is InChI=1S/C14H29N5/c1-3-18(4-2)13-9-10-19(11-13)14(17-15)16-12-7-5-6-8-12/h12-13H,3-11,15H2,1-2H3,(H,16,17). The Labute approximate surface area is 117 Å². The van der Waals surface area contributed by atoms with E-state index in [2.05, 4.69) is 29.1 Å². The molecule has 0 spiro atoms. The van der Waals surface area contributed by atoms with Crippen molar-refractivity contribution in [1.82, 2.24) is 15.2 Å². The molecule has 5 nitrogen and oxygen atoms in total. The number of likely N-dealkylation sites (N-methyl/N-ethyl adjacent to an activating group) is 1. The smallest absolute Gasteiger partial charge is 0.208 e. The zero-order valence-corrected chi connectivity index (χ0v) is 12.4. The third-order valence-electron chi connectivity index (χ3n) is 4.55. The lowest BCUT2D eigenvalue weighted by atomic mass is 10.2. The Morgan fingerprint density at radius 1 is 1.26 bits per heavy atom. The van der Waals surface area contributed by atoms with Crippen LogP contribution in [0.25, 0.3) is 0 Å². The fourth-order valence-electron chi connectivity index (χ4n) is 3.39. The summed E-state index contributed by atoms with van der Waals surface area (Å²) in [6.07, 6.45) is 6.28. The molecule has 19 heavy (non-hydrogen) atoms. The maximum Gasteiger partial charge on any atom is 0.208 e. The summed E-state index contributed by atoms with van der Waals surface area (Å²) in [5.74, 6) is 6.59. The second-order valence-electron chi connectivity index (χ2n) is 5.65. The average molecular weight is 267 g/mol. The van der Waals surface area contributed by atoms with E-state index in [1.165, 1.54) is 32.1 Å². The summed E-state index contributed by atoms with van der Waals surface area (Å²) in [6.45, 7) is 8.84. The molecule has 0 aromatic carbocycles. The van der Waals surface area contributed by atoms with Gasteiger partial charge in [-0.1, -0.05) is 26.7 Å². The molecule has 5 heteroatoms. The van der Waals surface area contributed by atoms with E-state index in [1.807, 2.05) is 0 Å². The summed E-state index contributed by atoms with van der Waals surface area (Å²) in [5.41, 5.74) is 2.82. The van der Waals surface area contributed by atoms with Crippen LogP contribution in [0.3, 0.4) is 0 Å². The molecule has 1 heterocycles. The van der Waals surface area contributed by atoms with Gasteiger partial charge in [-0.2, -0.15) is 0 Å². The molecule has 2 fully saturated rings. The number of hydrazine groups is 1. The van der Waals surface area contributed by atoms with Crippen molar-refractivity contribution in [3.8, 4) is 0 Å². The topological polar surface area (TPSA) is 56.9 Å². The van der Waals surface area contributed by atoms with Gasteiger partial charge >= 0.3 is 0 Å². The van der Waals surface area contributed by atoms with E-state index in [1.54, 1.807) is 0 Å². The van der Waals surface area contributed by atoms with Gasteiger partial charge < -0.3 is 4.90 Å². The summed E-state index contributed by atoms with van der Waals surface area (Å²) >= 11 is 0. The van der Waals surface area contributed by atoms with Crippen molar-refractivity contribution in [2.24, 2.45) is 10.8 Å². The fourth-order valence-corrected chi connectivity index (χ4v) is 3.39. The van der Waals surface area contributed by atoms with Crippen LogP contribution in [0.4, 0.5) is 0 Å². The first-order chi connectivity index (χ1) is 9.28. The number of aliphatic imine (C=N–C) groups is 1. The van der Waals surface area contributed by atoms with Crippen LogP contribution in [0, 0.1) is 0 Å².